The molecule has 2 nitrogen and oxygen atoms in total. The highest BCUT2D eigenvalue weighted by Gasteiger charge is 2.31. The fourth-order valence-electron chi connectivity index (χ4n) is 2.72. The molecule has 1 saturated carbocycles. The molecule has 0 aromatic carbocycles. The molecule has 2 aliphatic rings. The molecule has 1 aliphatic carbocycles. The largest absolute Gasteiger partial charge is 0.312 e. The fourth-order valence-corrected chi connectivity index (χ4v) is 4.02. The SMILES string of the molecule is CC(CNC1CSCC(C)(C)C1)N(C)C1CC1. The van der Waals surface area contributed by atoms with Gasteiger partial charge in [0.05, 0.1) is 0 Å². The van der Waals surface area contributed by atoms with E-state index in [2.05, 4.69) is 49.8 Å². The Bertz CT molecular complexity index is 251. The van der Waals surface area contributed by atoms with Gasteiger partial charge in [-0.25, -0.2) is 0 Å². The van der Waals surface area contributed by atoms with Gasteiger partial charge in [-0.2, -0.15) is 11.8 Å². The van der Waals surface area contributed by atoms with Crippen LogP contribution >= 0.6 is 11.8 Å². The molecule has 2 rings (SSSR count). The molecule has 1 aliphatic heterocycles. The van der Waals surface area contributed by atoms with Crippen molar-refractivity contribution in [3.05, 3.63) is 0 Å². The molecule has 0 radical (unpaired) electrons. The van der Waals surface area contributed by atoms with Crippen LogP contribution in [0.25, 0.3) is 0 Å². The summed E-state index contributed by atoms with van der Waals surface area (Å²) in [7, 11) is 2.28. The third-order valence-corrected chi connectivity index (χ3v) is 5.75. The van der Waals surface area contributed by atoms with Gasteiger partial charge in [-0.05, 0) is 44.4 Å². The number of thioether (sulfide) groups is 1. The average Bonchev–Trinajstić information content (AvgIpc) is 3.07. The lowest BCUT2D eigenvalue weighted by atomic mass is 9.88. The first-order chi connectivity index (χ1) is 7.98. The summed E-state index contributed by atoms with van der Waals surface area (Å²) in [5.41, 5.74) is 0.520. The van der Waals surface area contributed by atoms with Crippen molar-refractivity contribution in [2.24, 2.45) is 5.41 Å². The molecule has 2 atom stereocenters. The predicted molar refractivity (Wildman–Crippen MR) is 77.8 cm³/mol. The lowest BCUT2D eigenvalue weighted by molar-refractivity contribution is 0.227. The molecular weight excluding hydrogens is 228 g/mol. The minimum atomic E-state index is 0.520. The standard InChI is InChI=1S/C14H28N2S/c1-11(16(4)13-5-6-13)8-15-12-7-14(2,3)10-17-9-12/h11-13,15H,5-10H2,1-4H3. The molecule has 100 valence electrons. The average molecular weight is 256 g/mol. The minimum Gasteiger partial charge on any atom is -0.312 e. The van der Waals surface area contributed by atoms with Crippen LogP contribution in [-0.2, 0) is 0 Å². The van der Waals surface area contributed by atoms with Gasteiger partial charge in [0, 0.05) is 30.4 Å². The maximum Gasteiger partial charge on any atom is 0.0192 e. The Morgan fingerprint density at radius 2 is 2.12 bits per heavy atom. The van der Waals surface area contributed by atoms with Crippen LogP contribution in [0.2, 0.25) is 0 Å². The first-order valence-electron chi connectivity index (χ1n) is 7.01. The van der Waals surface area contributed by atoms with Crippen molar-refractivity contribution < 1.29 is 0 Å². The normalized spacial score (nSPS) is 30.5. The van der Waals surface area contributed by atoms with Gasteiger partial charge in [0.15, 0.2) is 0 Å². The summed E-state index contributed by atoms with van der Waals surface area (Å²) in [6, 6.07) is 2.28. The zero-order valence-electron chi connectivity index (χ0n) is 11.8. The number of hydrogen-bond acceptors (Lipinski definition) is 3. The topological polar surface area (TPSA) is 15.3 Å². The lowest BCUT2D eigenvalue weighted by Gasteiger charge is -2.36. The molecular formula is C14H28N2S. The number of nitrogens with one attached hydrogen (secondary N) is 1. The van der Waals surface area contributed by atoms with Gasteiger partial charge in [-0.1, -0.05) is 13.8 Å². The van der Waals surface area contributed by atoms with Gasteiger partial charge in [0.2, 0.25) is 0 Å². The molecule has 1 saturated heterocycles. The third kappa shape index (κ3) is 4.15. The first kappa shape index (κ1) is 13.7. The minimum absolute atomic E-state index is 0.520. The number of likely N-dealkylation sites (N-methyl/N-ethyl adjacent to an activating group) is 1. The molecule has 1 heterocycles. The molecule has 0 amide bonds. The second-order valence-corrected chi connectivity index (χ2v) is 7.76. The van der Waals surface area contributed by atoms with Crippen LogP contribution < -0.4 is 5.32 Å². The predicted octanol–water partition coefficient (Wildman–Crippen LogP) is 2.59. The van der Waals surface area contributed by atoms with Gasteiger partial charge >= 0.3 is 0 Å². The van der Waals surface area contributed by atoms with Crippen molar-refractivity contribution in [3.8, 4) is 0 Å². The molecule has 2 unspecified atom stereocenters. The van der Waals surface area contributed by atoms with Crippen molar-refractivity contribution >= 4 is 11.8 Å². The zero-order chi connectivity index (χ0) is 12.5. The summed E-state index contributed by atoms with van der Waals surface area (Å²) in [4.78, 5) is 2.55. The Hall–Kier alpha value is 0.270. The van der Waals surface area contributed by atoms with Crippen molar-refractivity contribution in [3.63, 3.8) is 0 Å². The van der Waals surface area contributed by atoms with Gasteiger partial charge < -0.3 is 5.32 Å². The summed E-state index contributed by atoms with van der Waals surface area (Å²) in [6.07, 6.45) is 4.15. The van der Waals surface area contributed by atoms with E-state index in [4.69, 9.17) is 0 Å². The Kier molecular flexibility index (Phi) is 4.43. The van der Waals surface area contributed by atoms with Crippen molar-refractivity contribution in [2.75, 3.05) is 25.1 Å². The molecule has 0 spiro atoms. The van der Waals surface area contributed by atoms with Crippen LogP contribution in [0.1, 0.15) is 40.0 Å². The van der Waals surface area contributed by atoms with E-state index < -0.39 is 0 Å². The maximum atomic E-state index is 3.78. The van der Waals surface area contributed by atoms with E-state index in [0.717, 1.165) is 18.6 Å². The summed E-state index contributed by atoms with van der Waals surface area (Å²) in [5.74, 6) is 2.62. The van der Waals surface area contributed by atoms with Crippen LogP contribution in [0.4, 0.5) is 0 Å². The van der Waals surface area contributed by atoms with E-state index in [1.165, 1.54) is 30.8 Å². The molecule has 17 heavy (non-hydrogen) atoms. The zero-order valence-corrected chi connectivity index (χ0v) is 12.6. The van der Waals surface area contributed by atoms with Gasteiger partial charge in [0.1, 0.15) is 0 Å². The Morgan fingerprint density at radius 1 is 1.41 bits per heavy atom. The highest BCUT2D eigenvalue weighted by atomic mass is 32.2. The summed E-state index contributed by atoms with van der Waals surface area (Å²) >= 11 is 2.11. The van der Waals surface area contributed by atoms with E-state index >= 15 is 0 Å². The number of rotatable bonds is 5. The fraction of sp³-hybridized carbons (Fsp3) is 1.00. The maximum absolute atomic E-state index is 3.78. The van der Waals surface area contributed by atoms with Crippen molar-refractivity contribution in [2.45, 2.75) is 58.2 Å². The summed E-state index contributed by atoms with van der Waals surface area (Å²) in [5, 5.41) is 3.78. The van der Waals surface area contributed by atoms with E-state index in [9.17, 15) is 0 Å². The van der Waals surface area contributed by atoms with E-state index in [1.54, 1.807) is 0 Å². The van der Waals surface area contributed by atoms with Crippen molar-refractivity contribution in [1.29, 1.82) is 0 Å². The van der Waals surface area contributed by atoms with E-state index in [-0.39, 0.29) is 0 Å². The van der Waals surface area contributed by atoms with Gasteiger partial charge in [-0.15, -0.1) is 0 Å². The number of nitrogens with zero attached hydrogens (tertiary/aromatic N) is 1. The first-order valence-corrected chi connectivity index (χ1v) is 8.16. The number of hydrogen-bond donors (Lipinski definition) is 1. The van der Waals surface area contributed by atoms with Crippen LogP contribution in [-0.4, -0.2) is 48.1 Å². The molecule has 2 fully saturated rings. The molecule has 1 N–H and O–H groups in total. The van der Waals surface area contributed by atoms with Crippen LogP contribution in [0.15, 0.2) is 0 Å². The van der Waals surface area contributed by atoms with E-state index in [1.807, 2.05) is 0 Å². The monoisotopic (exact) mass is 256 g/mol. The second-order valence-electron chi connectivity index (χ2n) is 6.73. The van der Waals surface area contributed by atoms with Crippen LogP contribution in [0.3, 0.4) is 0 Å². The molecule has 3 heteroatoms. The van der Waals surface area contributed by atoms with Gasteiger partial charge in [0.25, 0.3) is 0 Å². The van der Waals surface area contributed by atoms with Crippen LogP contribution in [0, 0.1) is 5.41 Å². The Balaban J connectivity index is 1.70. The third-order valence-electron chi connectivity index (χ3n) is 4.13. The van der Waals surface area contributed by atoms with E-state index in [0.29, 0.717) is 11.5 Å². The molecule has 0 aromatic rings. The molecule has 0 aromatic heterocycles. The molecule has 0 bridgehead atoms. The smallest absolute Gasteiger partial charge is 0.0192 e. The lowest BCUT2D eigenvalue weighted by Crippen LogP contribution is -2.46. The highest BCUT2D eigenvalue weighted by molar-refractivity contribution is 7.99. The summed E-state index contributed by atoms with van der Waals surface area (Å²) in [6.45, 7) is 8.29. The van der Waals surface area contributed by atoms with Crippen LogP contribution in [0.5, 0.6) is 0 Å². The Morgan fingerprint density at radius 3 is 2.71 bits per heavy atom. The quantitative estimate of drug-likeness (QED) is 0.814. The Labute approximate surface area is 111 Å². The summed E-state index contributed by atoms with van der Waals surface area (Å²) < 4.78 is 0. The van der Waals surface area contributed by atoms with Gasteiger partial charge in [-0.3, -0.25) is 4.90 Å². The highest BCUT2D eigenvalue weighted by Crippen LogP contribution is 2.33. The second kappa shape index (κ2) is 5.50. The van der Waals surface area contributed by atoms with Crippen molar-refractivity contribution in [1.82, 2.24) is 10.2 Å².